The summed E-state index contributed by atoms with van der Waals surface area (Å²) in [7, 11) is 0. The number of Topliss-reactive ketones (excluding diaryl/α,β-unsaturated/α-hetero) is 1. The van der Waals surface area contributed by atoms with Gasteiger partial charge in [-0.2, -0.15) is 0 Å². The third-order valence-corrected chi connectivity index (χ3v) is 2.38. The van der Waals surface area contributed by atoms with Gasteiger partial charge in [-0.05, 0) is 27.7 Å². The zero-order valence-electron chi connectivity index (χ0n) is 14.2. The number of hydrogen-bond donors (Lipinski definition) is 1. The van der Waals surface area contributed by atoms with Crippen molar-refractivity contribution in [2.45, 2.75) is 85.7 Å². The molecule has 4 nitrogen and oxygen atoms in total. The summed E-state index contributed by atoms with van der Waals surface area (Å²) in [5, 5.41) is 2.33. The number of nitrogens with one attached hydrogen (secondary N) is 1. The van der Waals surface area contributed by atoms with E-state index in [0.29, 0.717) is 0 Å². The van der Waals surface area contributed by atoms with Crippen LogP contribution in [-0.2, 0) is 9.53 Å². The monoisotopic (exact) mass is 287 g/mol. The average Bonchev–Trinajstić information content (AvgIpc) is 2.40. The average molecular weight is 287 g/mol. The van der Waals surface area contributed by atoms with E-state index in [1.165, 1.54) is 45.4 Å². The van der Waals surface area contributed by atoms with Gasteiger partial charge in [0.25, 0.3) is 0 Å². The van der Waals surface area contributed by atoms with Crippen LogP contribution in [0.4, 0.5) is 4.79 Å². The summed E-state index contributed by atoms with van der Waals surface area (Å²) in [5.74, 6) is -0.0964. The number of ketones is 1. The zero-order chi connectivity index (χ0) is 16.0. The van der Waals surface area contributed by atoms with Crippen molar-refractivity contribution in [2.75, 3.05) is 6.54 Å². The minimum absolute atomic E-state index is 0.0227. The van der Waals surface area contributed by atoms with E-state index in [2.05, 4.69) is 5.32 Å². The number of rotatable bonds is 2. The lowest BCUT2D eigenvalue weighted by Gasteiger charge is -2.19. The summed E-state index contributed by atoms with van der Waals surface area (Å²) >= 11 is 0. The van der Waals surface area contributed by atoms with Crippen molar-refractivity contribution >= 4 is 11.9 Å². The van der Waals surface area contributed by atoms with E-state index in [1.807, 2.05) is 13.8 Å². The topological polar surface area (TPSA) is 55.4 Å². The van der Waals surface area contributed by atoms with Crippen LogP contribution < -0.4 is 5.32 Å². The fourth-order valence-electron chi connectivity index (χ4n) is 1.57. The molecule has 0 aliphatic heterocycles. The van der Waals surface area contributed by atoms with Gasteiger partial charge in [-0.1, -0.05) is 52.4 Å². The Morgan fingerprint density at radius 2 is 1.30 bits per heavy atom. The van der Waals surface area contributed by atoms with E-state index in [0.717, 1.165) is 0 Å². The maximum absolute atomic E-state index is 10.9. The van der Waals surface area contributed by atoms with Gasteiger partial charge in [-0.3, -0.25) is 4.79 Å². The van der Waals surface area contributed by atoms with Gasteiger partial charge < -0.3 is 10.1 Å². The van der Waals surface area contributed by atoms with Crippen molar-refractivity contribution in [3.63, 3.8) is 0 Å². The predicted molar refractivity (Wildman–Crippen MR) is 84.0 cm³/mol. The molecular weight excluding hydrogens is 254 g/mol. The van der Waals surface area contributed by atoms with Crippen LogP contribution in [-0.4, -0.2) is 24.0 Å². The highest BCUT2D eigenvalue weighted by Gasteiger charge is 2.15. The van der Waals surface area contributed by atoms with Gasteiger partial charge >= 0.3 is 6.09 Å². The van der Waals surface area contributed by atoms with Gasteiger partial charge in [0, 0.05) is 0 Å². The maximum Gasteiger partial charge on any atom is 0.408 e. The minimum Gasteiger partial charge on any atom is -0.444 e. The molecule has 20 heavy (non-hydrogen) atoms. The Morgan fingerprint density at radius 3 is 1.55 bits per heavy atom. The van der Waals surface area contributed by atoms with Crippen LogP contribution >= 0.6 is 0 Å². The molecule has 0 heterocycles. The normalized spacial score (nSPS) is 13.9. The highest BCUT2D eigenvalue weighted by molar-refractivity contribution is 5.81. The molecule has 1 aliphatic rings. The first-order valence-corrected chi connectivity index (χ1v) is 7.77. The highest BCUT2D eigenvalue weighted by Crippen LogP contribution is 2.15. The van der Waals surface area contributed by atoms with Crippen LogP contribution in [0.25, 0.3) is 0 Å². The van der Waals surface area contributed by atoms with E-state index >= 15 is 0 Å². The Balaban J connectivity index is 0. The Labute approximate surface area is 124 Å². The van der Waals surface area contributed by atoms with Crippen molar-refractivity contribution in [3.05, 3.63) is 0 Å². The maximum atomic E-state index is 10.9. The van der Waals surface area contributed by atoms with Crippen molar-refractivity contribution < 1.29 is 14.3 Å². The van der Waals surface area contributed by atoms with Crippen LogP contribution in [0, 0.1) is 0 Å². The van der Waals surface area contributed by atoms with Crippen molar-refractivity contribution in [2.24, 2.45) is 0 Å². The van der Waals surface area contributed by atoms with E-state index in [9.17, 15) is 9.59 Å². The fourth-order valence-corrected chi connectivity index (χ4v) is 1.57. The van der Waals surface area contributed by atoms with E-state index in [-0.39, 0.29) is 12.3 Å². The standard InChI is InChI=1S/C8H15NO3.C6H12.C2H6/c1-6(10)5-9-7(11)12-8(2,3)4;1-2-4-6-5-3-1;1-2/h5H2,1-4H3,(H,9,11);1-6H2;1-2H3. The number of amides is 1. The number of alkyl carbamates (subject to hydrolysis) is 1. The van der Waals surface area contributed by atoms with Crippen LogP contribution in [0.3, 0.4) is 0 Å². The molecule has 0 spiro atoms. The third-order valence-electron chi connectivity index (χ3n) is 2.38. The molecule has 120 valence electrons. The van der Waals surface area contributed by atoms with Crippen LogP contribution in [0.15, 0.2) is 0 Å². The molecule has 1 N–H and O–H groups in total. The first-order valence-electron chi connectivity index (χ1n) is 7.77. The predicted octanol–water partition coefficient (Wildman–Crippen LogP) is 4.47. The molecule has 0 saturated heterocycles. The van der Waals surface area contributed by atoms with Crippen molar-refractivity contribution in [1.29, 1.82) is 0 Å². The van der Waals surface area contributed by atoms with Gasteiger partial charge in [-0.25, -0.2) is 4.79 Å². The molecule has 0 aromatic carbocycles. The Kier molecular flexibility index (Phi) is 13.8. The van der Waals surface area contributed by atoms with Gasteiger partial charge in [-0.15, -0.1) is 0 Å². The number of hydrogen-bond acceptors (Lipinski definition) is 3. The van der Waals surface area contributed by atoms with E-state index < -0.39 is 11.7 Å². The second-order valence-electron chi connectivity index (χ2n) is 5.68. The van der Waals surface area contributed by atoms with Gasteiger partial charge in [0.2, 0.25) is 0 Å². The van der Waals surface area contributed by atoms with Gasteiger partial charge in [0.15, 0.2) is 0 Å². The van der Waals surface area contributed by atoms with Crippen molar-refractivity contribution in [1.82, 2.24) is 5.32 Å². The second-order valence-corrected chi connectivity index (χ2v) is 5.68. The van der Waals surface area contributed by atoms with Gasteiger partial charge in [0.05, 0.1) is 6.54 Å². The van der Waals surface area contributed by atoms with Crippen LogP contribution in [0.1, 0.15) is 80.1 Å². The third kappa shape index (κ3) is 19.3. The molecule has 0 unspecified atom stereocenters. The first kappa shape index (κ1) is 21.2. The zero-order valence-corrected chi connectivity index (χ0v) is 14.2. The van der Waals surface area contributed by atoms with Crippen LogP contribution in [0.5, 0.6) is 0 Å². The molecular formula is C16H33NO3. The summed E-state index contributed by atoms with van der Waals surface area (Å²) in [6.07, 6.45) is 8.44. The molecule has 1 aliphatic carbocycles. The summed E-state index contributed by atoms with van der Waals surface area (Å²) in [6.45, 7) is 10.7. The summed E-state index contributed by atoms with van der Waals surface area (Å²) < 4.78 is 4.89. The Bertz CT molecular complexity index is 241. The summed E-state index contributed by atoms with van der Waals surface area (Å²) in [4.78, 5) is 21.3. The largest absolute Gasteiger partial charge is 0.444 e. The molecule has 1 fully saturated rings. The molecule has 4 heteroatoms. The summed E-state index contributed by atoms with van der Waals surface area (Å²) in [5.41, 5.74) is -0.513. The number of ether oxygens (including phenoxy) is 1. The van der Waals surface area contributed by atoms with E-state index in [1.54, 1.807) is 20.8 Å². The lowest BCUT2D eigenvalue weighted by atomic mass is 10.0. The SMILES string of the molecule is C1CCCCC1.CC.CC(=O)CNC(=O)OC(C)(C)C. The van der Waals surface area contributed by atoms with E-state index in [4.69, 9.17) is 4.74 Å². The molecule has 0 atom stereocenters. The second kappa shape index (κ2) is 12.9. The smallest absolute Gasteiger partial charge is 0.408 e. The molecule has 1 rings (SSSR count). The quantitative estimate of drug-likeness (QED) is 0.815. The lowest BCUT2D eigenvalue weighted by molar-refractivity contribution is -0.116. The summed E-state index contributed by atoms with van der Waals surface area (Å²) in [6, 6.07) is 0. The van der Waals surface area contributed by atoms with Crippen LogP contribution in [0.2, 0.25) is 0 Å². The lowest BCUT2D eigenvalue weighted by Crippen LogP contribution is -2.34. The first-order chi connectivity index (χ1) is 9.31. The Morgan fingerprint density at radius 1 is 0.950 bits per heavy atom. The highest BCUT2D eigenvalue weighted by atomic mass is 16.6. The molecule has 0 radical (unpaired) electrons. The van der Waals surface area contributed by atoms with Gasteiger partial charge in [0.1, 0.15) is 11.4 Å². The number of carbonyl (C=O) groups is 2. The molecule has 0 aromatic heterocycles. The molecule has 1 saturated carbocycles. The molecule has 0 bridgehead atoms. The molecule has 1 amide bonds. The Hall–Kier alpha value is -1.06. The number of carbonyl (C=O) groups excluding carboxylic acids is 2. The molecule has 0 aromatic rings. The fraction of sp³-hybridized carbons (Fsp3) is 0.875. The minimum atomic E-state index is -0.558. The van der Waals surface area contributed by atoms with Crippen molar-refractivity contribution in [3.8, 4) is 0 Å².